The number of aryl methyl sites for hydroxylation is 1. The van der Waals surface area contributed by atoms with Gasteiger partial charge in [-0.1, -0.05) is 17.7 Å². The first kappa shape index (κ1) is 17.7. The summed E-state index contributed by atoms with van der Waals surface area (Å²) >= 11 is 0. The smallest absolute Gasteiger partial charge is 0.450 e. The third kappa shape index (κ3) is 5.97. The zero-order chi connectivity index (χ0) is 16.8. The summed E-state index contributed by atoms with van der Waals surface area (Å²) in [5.74, 6) is 0. The third-order valence-electron chi connectivity index (χ3n) is 2.38. The molecule has 0 radical (unpaired) electrons. The van der Waals surface area contributed by atoms with Crippen molar-refractivity contribution in [2.75, 3.05) is 13.2 Å². The molecular formula is C12H14O9S. The molecular weight excluding hydrogens is 320 g/mol. The van der Waals surface area contributed by atoms with Crippen molar-refractivity contribution in [3.63, 3.8) is 0 Å². The molecule has 1 atom stereocenters. The van der Waals surface area contributed by atoms with Crippen molar-refractivity contribution in [1.82, 2.24) is 0 Å². The minimum Gasteiger partial charge on any atom is -0.450 e. The van der Waals surface area contributed by atoms with Crippen LogP contribution in [0.5, 0.6) is 0 Å². The van der Waals surface area contributed by atoms with Crippen LogP contribution in [0.4, 0.5) is 9.59 Å². The van der Waals surface area contributed by atoms with Crippen molar-refractivity contribution in [2.45, 2.75) is 17.9 Å². The van der Waals surface area contributed by atoms with E-state index in [1.807, 2.05) is 0 Å². The van der Waals surface area contributed by atoms with E-state index in [-0.39, 0.29) is 4.90 Å². The molecule has 0 amide bonds. The van der Waals surface area contributed by atoms with Crippen LogP contribution < -0.4 is 0 Å². The van der Waals surface area contributed by atoms with E-state index in [0.717, 1.165) is 5.56 Å². The lowest BCUT2D eigenvalue weighted by Gasteiger charge is -2.15. The van der Waals surface area contributed by atoms with Gasteiger partial charge in [0.2, 0.25) is 0 Å². The van der Waals surface area contributed by atoms with E-state index in [1.54, 1.807) is 19.1 Å². The highest BCUT2D eigenvalue weighted by atomic mass is 32.2. The van der Waals surface area contributed by atoms with Crippen LogP contribution in [0.1, 0.15) is 5.56 Å². The van der Waals surface area contributed by atoms with Gasteiger partial charge < -0.3 is 19.7 Å². The van der Waals surface area contributed by atoms with Crippen molar-refractivity contribution in [3.8, 4) is 0 Å². The second-order valence-corrected chi connectivity index (χ2v) is 5.75. The molecule has 1 unspecified atom stereocenters. The highest BCUT2D eigenvalue weighted by Gasteiger charge is 2.22. The molecule has 122 valence electrons. The number of carbonyl (C=O) groups is 2. The van der Waals surface area contributed by atoms with E-state index in [2.05, 4.69) is 13.7 Å². The third-order valence-corrected chi connectivity index (χ3v) is 3.67. The Labute approximate surface area is 126 Å². The van der Waals surface area contributed by atoms with Gasteiger partial charge in [0.05, 0.1) is 4.90 Å². The molecule has 1 aromatic rings. The van der Waals surface area contributed by atoms with E-state index < -0.39 is 41.7 Å². The van der Waals surface area contributed by atoms with Gasteiger partial charge in [-0.2, -0.15) is 8.42 Å². The van der Waals surface area contributed by atoms with Gasteiger partial charge in [-0.05, 0) is 19.1 Å². The summed E-state index contributed by atoms with van der Waals surface area (Å²) in [6.07, 6.45) is -4.77. The van der Waals surface area contributed by atoms with Gasteiger partial charge in [0.15, 0.2) is 6.10 Å². The number of carboxylic acid groups (broad SMARTS) is 2. The lowest BCUT2D eigenvalue weighted by atomic mass is 10.2. The van der Waals surface area contributed by atoms with E-state index in [9.17, 15) is 18.0 Å². The normalized spacial score (nSPS) is 12.4. The number of hydrogen-bond donors (Lipinski definition) is 2. The first-order chi connectivity index (χ1) is 10.2. The minimum atomic E-state index is -4.12. The van der Waals surface area contributed by atoms with Crippen molar-refractivity contribution in [1.29, 1.82) is 0 Å². The number of benzene rings is 1. The van der Waals surface area contributed by atoms with E-state index in [4.69, 9.17) is 10.2 Å². The largest absolute Gasteiger partial charge is 0.506 e. The summed E-state index contributed by atoms with van der Waals surface area (Å²) in [7, 11) is -4.12. The van der Waals surface area contributed by atoms with Gasteiger partial charge in [-0.25, -0.2) is 9.59 Å². The van der Waals surface area contributed by atoms with Crippen LogP contribution in [-0.4, -0.2) is 50.3 Å². The molecule has 22 heavy (non-hydrogen) atoms. The van der Waals surface area contributed by atoms with Crippen LogP contribution in [0.25, 0.3) is 0 Å². The average Bonchev–Trinajstić information content (AvgIpc) is 2.42. The molecule has 0 heterocycles. The molecule has 1 aromatic carbocycles. The predicted octanol–water partition coefficient (Wildman–Crippen LogP) is 1.46. The lowest BCUT2D eigenvalue weighted by Crippen LogP contribution is -2.30. The lowest BCUT2D eigenvalue weighted by molar-refractivity contribution is -0.0116. The quantitative estimate of drug-likeness (QED) is 0.560. The SMILES string of the molecule is Cc1ccc(S(=O)(=O)OCC(COC(=O)O)OC(=O)O)cc1. The van der Waals surface area contributed by atoms with Gasteiger partial charge in [-0.15, -0.1) is 0 Å². The molecule has 0 aliphatic rings. The second kappa shape index (κ2) is 7.61. The maximum atomic E-state index is 11.9. The Balaban J connectivity index is 2.71. The molecule has 0 aliphatic heterocycles. The van der Waals surface area contributed by atoms with Gasteiger partial charge in [0, 0.05) is 0 Å². The average molecular weight is 334 g/mol. The Kier molecular flexibility index (Phi) is 6.13. The maximum absolute atomic E-state index is 11.9. The van der Waals surface area contributed by atoms with Crippen LogP contribution >= 0.6 is 0 Å². The summed E-state index contributed by atoms with van der Waals surface area (Å²) in [5.41, 5.74) is 0.848. The van der Waals surface area contributed by atoms with Crippen LogP contribution in [0, 0.1) is 6.92 Å². The topological polar surface area (TPSA) is 136 Å². The summed E-state index contributed by atoms with van der Waals surface area (Å²) in [4.78, 5) is 20.6. The van der Waals surface area contributed by atoms with E-state index in [0.29, 0.717) is 0 Å². The standard InChI is InChI=1S/C12H14O9S/c1-8-2-4-10(5-3-8)22(17,18)20-7-9(21-12(15)16)6-19-11(13)14/h2-5,9H,6-7H2,1H3,(H,13,14)(H,15,16). The Morgan fingerprint density at radius 1 is 1.09 bits per heavy atom. The molecule has 0 aromatic heterocycles. The monoisotopic (exact) mass is 334 g/mol. The molecule has 9 nitrogen and oxygen atoms in total. The van der Waals surface area contributed by atoms with Gasteiger partial charge in [-0.3, -0.25) is 4.18 Å². The van der Waals surface area contributed by atoms with Crippen LogP contribution in [0.15, 0.2) is 29.2 Å². The Morgan fingerprint density at radius 2 is 1.68 bits per heavy atom. The first-order valence-corrected chi connectivity index (χ1v) is 7.33. The molecule has 0 aliphatic carbocycles. The van der Waals surface area contributed by atoms with Gasteiger partial charge in [0.25, 0.3) is 10.1 Å². The highest BCUT2D eigenvalue weighted by Crippen LogP contribution is 2.14. The number of hydrogen-bond acceptors (Lipinski definition) is 7. The zero-order valence-electron chi connectivity index (χ0n) is 11.5. The van der Waals surface area contributed by atoms with E-state index in [1.165, 1.54) is 12.1 Å². The van der Waals surface area contributed by atoms with Crippen LogP contribution in [-0.2, 0) is 23.8 Å². The van der Waals surface area contributed by atoms with Crippen LogP contribution in [0.2, 0.25) is 0 Å². The molecule has 10 heteroatoms. The fraction of sp³-hybridized carbons (Fsp3) is 0.333. The molecule has 0 spiro atoms. The fourth-order valence-electron chi connectivity index (χ4n) is 1.36. The van der Waals surface area contributed by atoms with Crippen molar-refractivity contribution in [3.05, 3.63) is 29.8 Å². The minimum absolute atomic E-state index is 0.119. The van der Waals surface area contributed by atoms with Crippen molar-refractivity contribution < 1.29 is 41.9 Å². The number of rotatable bonds is 7. The summed E-state index contributed by atoms with van der Waals surface area (Å²) in [6.45, 7) is 0.373. The highest BCUT2D eigenvalue weighted by molar-refractivity contribution is 7.86. The Bertz CT molecular complexity index is 621. The van der Waals surface area contributed by atoms with Crippen molar-refractivity contribution in [2.24, 2.45) is 0 Å². The summed E-state index contributed by atoms with van der Waals surface area (Å²) in [6, 6.07) is 5.78. The molecule has 0 bridgehead atoms. The predicted molar refractivity (Wildman–Crippen MR) is 71.2 cm³/mol. The first-order valence-electron chi connectivity index (χ1n) is 5.92. The molecule has 0 fully saturated rings. The van der Waals surface area contributed by atoms with Crippen molar-refractivity contribution >= 4 is 22.4 Å². The van der Waals surface area contributed by atoms with E-state index >= 15 is 0 Å². The second-order valence-electron chi connectivity index (χ2n) is 4.13. The fourth-order valence-corrected chi connectivity index (χ4v) is 2.30. The van der Waals surface area contributed by atoms with Gasteiger partial charge >= 0.3 is 12.3 Å². The molecule has 2 N–H and O–H groups in total. The zero-order valence-corrected chi connectivity index (χ0v) is 12.3. The molecule has 1 rings (SSSR count). The molecule has 0 saturated heterocycles. The summed E-state index contributed by atoms with van der Waals surface area (Å²) in [5, 5.41) is 16.8. The van der Waals surface area contributed by atoms with Crippen LogP contribution in [0.3, 0.4) is 0 Å². The summed E-state index contributed by atoms with van der Waals surface area (Å²) < 4.78 is 36.9. The van der Waals surface area contributed by atoms with Gasteiger partial charge in [0.1, 0.15) is 13.2 Å². The maximum Gasteiger partial charge on any atom is 0.506 e. The Hall–Kier alpha value is -2.33. The Morgan fingerprint density at radius 3 is 2.18 bits per heavy atom. The molecule has 0 saturated carbocycles. The number of ether oxygens (including phenoxy) is 2.